The van der Waals surface area contributed by atoms with E-state index >= 15 is 0 Å². The largest absolute Gasteiger partial charge is 0.461 e. The summed E-state index contributed by atoms with van der Waals surface area (Å²) in [7, 11) is 0. The monoisotopic (exact) mass is 762 g/mol. The van der Waals surface area contributed by atoms with Gasteiger partial charge in [0.15, 0.2) is 0 Å². The first-order valence-electron chi connectivity index (χ1n) is 18.3. The van der Waals surface area contributed by atoms with Crippen LogP contribution in [0, 0.1) is 32.5 Å². The molecule has 1 rings (SSSR count). The lowest BCUT2D eigenvalue weighted by Gasteiger charge is -2.27. The standard InChI is InChI=1S/C42H66O12/c1-37(2,3)19-49-31(43)25-26(32(44)50-20-38(4,5)6)28(34(46)52-22-40(10,11)12)30(36(48)54-24-42(16,17)18)29(35(47)53-23-41(13,14)15)27(25)33(45)51-21-39(7,8)9/h19-24H2,1-18H3. The first kappa shape index (κ1) is 48.1. The van der Waals surface area contributed by atoms with Gasteiger partial charge in [0.1, 0.15) is 0 Å². The van der Waals surface area contributed by atoms with Crippen LogP contribution in [0.5, 0.6) is 0 Å². The van der Waals surface area contributed by atoms with E-state index in [2.05, 4.69) is 0 Å². The zero-order valence-electron chi connectivity index (χ0n) is 36.1. The Morgan fingerprint density at radius 1 is 0.259 bits per heavy atom. The fourth-order valence-electron chi connectivity index (χ4n) is 4.10. The summed E-state index contributed by atoms with van der Waals surface area (Å²) in [5.41, 5.74) is -8.47. The lowest BCUT2D eigenvalue weighted by Crippen LogP contribution is -2.34. The number of esters is 6. The average molecular weight is 763 g/mol. The summed E-state index contributed by atoms with van der Waals surface area (Å²) < 4.78 is 34.1. The summed E-state index contributed by atoms with van der Waals surface area (Å²) in [4.78, 5) is 86.4. The minimum Gasteiger partial charge on any atom is -0.461 e. The van der Waals surface area contributed by atoms with Gasteiger partial charge >= 0.3 is 35.8 Å². The van der Waals surface area contributed by atoms with Crippen LogP contribution in [0.4, 0.5) is 0 Å². The molecule has 0 unspecified atom stereocenters. The highest BCUT2D eigenvalue weighted by Gasteiger charge is 2.44. The van der Waals surface area contributed by atoms with Crippen LogP contribution in [0.15, 0.2) is 0 Å². The number of hydrogen-bond donors (Lipinski definition) is 0. The molecule has 54 heavy (non-hydrogen) atoms. The van der Waals surface area contributed by atoms with Crippen molar-refractivity contribution in [3.63, 3.8) is 0 Å². The Balaban J connectivity index is 4.83. The highest BCUT2D eigenvalue weighted by Crippen LogP contribution is 2.35. The SMILES string of the molecule is CC(C)(C)COC(=O)c1c(C(=O)OCC(C)(C)C)c(C(=O)OCC(C)(C)C)c(C(=O)OCC(C)(C)C)c(C(=O)OCC(C)(C)C)c1C(=O)OCC(C)(C)C. The van der Waals surface area contributed by atoms with Crippen molar-refractivity contribution in [2.45, 2.75) is 125 Å². The van der Waals surface area contributed by atoms with Crippen LogP contribution in [-0.4, -0.2) is 75.5 Å². The molecule has 306 valence electrons. The molecule has 0 saturated heterocycles. The fourth-order valence-corrected chi connectivity index (χ4v) is 4.10. The van der Waals surface area contributed by atoms with Gasteiger partial charge in [-0.05, 0) is 32.5 Å². The molecule has 0 N–H and O–H groups in total. The number of rotatable bonds is 12. The van der Waals surface area contributed by atoms with Gasteiger partial charge in [-0.15, -0.1) is 0 Å². The van der Waals surface area contributed by atoms with Crippen molar-refractivity contribution in [2.24, 2.45) is 32.5 Å². The third-order valence-electron chi connectivity index (χ3n) is 6.54. The molecule has 0 saturated carbocycles. The van der Waals surface area contributed by atoms with Gasteiger partial charge in [0.05, 0.1) is 73.0 Å². The van der Waals surface area contributed by atoms with Crippen molar-refractivity contribution in [2.75, 3.05) is 39.6 Å². The van der Waals surface area contributed by atoms with Crippen molar-refractivity contribution in [3.05, 3.63) is 33.4 Å². The van der Waals surface area contributed by atoms with Gasteiger partial charge in [-0.25, -0.2) is 28.8 Å². The lowest BCUT2D eigenvalue weighted by molar-refractivity contribution is 0.0258. The van der Waals surface area contributed by atoms with Gasteiger partial charge in [0.25, 0.3) is 0 Å². The molecule has 0 amide bonds. The second-order valence-electron chi connectivity index (χ2n) is 21.1. The van der Waals surface area contributed by atoms with Crippen molar-refractivity contribution < 1.29 is 57.2 Å². The second-order valence-corrected chi connectivity index (χ2v) is 21.1. The minimum absolute atomic E-state index is 0.207. The Morgan fingerprint density at radius 2 is 0.352 bits per heavy atom. The van der Waals surface area contributed by atoms with Crippen LogP contribution in [0.25, 0.3) is 0 Å². The Hall–Kier alpha value is -3.96. The van der Waals surface area contributed by atoms with E-state index in [0.717, 1.165) is 0 Å². The molecule has 0 aliphatic carbocycles. The van der Waals surface area contributed by atoms with Crippen LogP contribution in [0.3, 0.4) is 0 Å². The van der Waals surface area contributed by atoms with Crippen molar-refractivity contribution >= 4 is 35.8 Å². The zero-order chi connectivity index (χ0) is 42.4. The third kappa shape index (κ3) is 16.6. The summed E-state index contributed by atoms with van der Waals surface area (Å²) >= 11 is 0. The van der Waals surface area contributed by atoms with Gasteiger partial charge in [-0.1, -0.05) is 125 Å². The molecular formula is C42H66O12. The normalized spacial score (nSPS) is 12.8. The van der Waals surface area contributed by atoms with Crippen molar-refractivity contribution in [3.8, 4) is 0 Å². The molecule has 0 aliphatic rings. The number of benzene rings is 1. The first-order chi connectivity index (χ1) is 24.0. The highest BCUT2D eigenvalue weighted by molar-refractivity contribution is 6.24. The van der Waals surface area contributed by atoms with Crippen molar-refractivity contribution in [1.29, 1.82) is 0 Å². The van der Waals surface area contributed by atoms with E-state index in [9.17, 15) is 28.8 Å². The van der Waals surface area contributed by atoms with E-state index in [0.29, 0.717) is 0 Å². The molecular weight excluding hydrogens is 696 g/mol. The maximum Gasteiger partial charge on any atom is 0.339 e. The van der Waals surface area contributed by atoms with E-state index in [4.69, 9.17) is 28.4 Å². The molecule has 0 bridgehead atoms. The molecule has 0 atom stereocenters. The fraction of sp³-hybridized carbons (Fsp3) is 0.714. The quantitative estimate of drug-likeness (QED) is 0.147. The number of carbonyl (C=O) groups is 6. The third-order valence-corrected chi connectivity index (χ3v) is 6.54. The lowest BCUT2D eigenvalue weighted by atomic mass is 9.85. The van der Waals surface area contributed by atoms with Crippen LogP contribution in [0.2, 0.25) is 0 Å². The molecule has 0 heterocycles. The minimum atomic E-state index is -1.25. The molecule has 0 radical (unpaired) electrons. The van der Waals surface area contributed by atoms with Gasteiger partial charge in [0, 0.05) is 0 Å². The summed E-state index contributed by atoms with van der Waals surface area (Å²) in [5.74, 6) is -7.50. The van der Waals surface area contributed by atoms with Gasteiger partial charge in [-0.2, -0.15) is 0 Å². The van der Waals surface area contributed by atoms with Crippen LogP contribution in [-0.2, 0) is 28.4 Å². The van der Waals surface area contributed by atoms with Gasteiger partial charge in [-0.3, -0.25) is 0 Å². The van der Waals surface area contributed by atoms with Gasteiger partial charge in [0.2, 0.25) is 0 Å². The Labute approximate surface area is 322 Å². The molecule has 0 fully saturated rings. The predicted molar refractivity (Wildman–Crippen MR) is 205 cm³/mol. The Kier molecular flexibility index (Phi) is 15.7. The molecule has 12 heteroatoms. The number of hydrogen-bond acceptors (Lipinski definition) is 12. The maximum absolute atomic E-state index is 14.4. The van der Waals surface area contributed by atoms with E-state index in [-0.39, 0.29) is 39.6 Å². The molecule has 0 spiro atoms. The van der Waals surface area contributed by atoms with Crippen LogP contribution >= 0.6 is 0 Å². The Morgan fingerprint density at radius 3 is 0.426 bits per heavy atom. The first-order valence-corrected chi connectivity index (χ1v) is 18.3. The van der Waals surface area contributed by atoms with Crippen LogP contribution < -0.4 is 0 Å². The molecule has 0 aliphatic heterocycles. The van der Waals surface area contributed by atoms with E-state index in [1.54, 1.807) is 125 Å². The topological polar surface area (TPSA) is 158 Å². The van der Waals surface area contributed by atoms with Crippen LogP contribution in [0.1, 0.15) is 187 Å². The molecule has 1 aromatic rings. The number of ether oxygens (including phenoxy) is 6. The summed E-state index contributed by atoms with van der Waals surface area (Å²) in [5, 5.41) is 0. The smallest absolute Gasteiger partial charge is 0.339 e. The Bertz CT molecular complexity index is 1230. The number of carbonyl (C=O) groups excluding carboxylic acids is 6. The second kappa shape index (κ2) is 17.7. The van der Waals surface area contributed by atoms with E-state index < -0.39 is 102 Å². The molecule has 12 nitrogen and oxygen atoms in total. The molecule has 0 aromatic heterocycles. The molecule has 1 aromatic carbocycles. The predicted octanol–water partition coefficient (Wildman–Crippen LogP) is 8.90. The average Bonchev–Trinajstić information content (AvgIpc) is 2.97. The maximum atomic E-state index is 14.4. The summed E-state index contributed by atoms with van der Waals surface area (Å²) in [6.45, 7) is 30.9. The summed E-state index contributed by atoms with van der Waals surface area (Å²) in [6.07, 6.45) is 0. The van der Waals surface area contributed by atoms with E-state index in [1.165, 1.54) is 0 Å². The zero-order valence-corrected chi connectivity index (χ0v) is 36.1. The van der Waals surface area contributed by atoms with E-state index in [1.807, 2.05) is 0 Å². The van der Waals surface area contributed by atoms with Gasteiger partial charge < -0.3 is 28.4 Å². The van der Waals surface area contributed by atoms with Crippen molar-refractivity contribution in [1.82, 2.24) is 0 Å². The highest BCUT2D eigenvalue weighted by atomic mass is 16.6. The summed E-state index contributed by atoms with van der Waals surface area (Å²) in [6, 6.07) is 0.